The third-order valence-electron chi connectivity index (χ3n) is 3.16. The summed E-state index contributed by atoms with van der Waals surface area (Å²) in [6.45, 7) is 2.80. The normalized spacial score (nSPS) is 16.2. The van der Waals surface area contributed by atoms with Gasteiger partial charge in [0.2, 0.25) is 5.91 Å². The Kier molecular flexibility index (Phi) is 4.37. The lowest BCUT2D eigenvalue weighted by Gasteiger charge is -2.32. The Morgan fingerprint density at radius 1 is 1.37 bits per heavy atom. The molecule has 1 fully saturated rings. The molecule has 0 atom stereocenters. The topological polar surface area (TPSA) is 62.3 Å². The van der Waals surface area contributed by atoms with Crippen molar-refractivity contribution in [2.45, 2.75) is 25.8 Å². The molecule has 1 N–H and O–H groups in total. The van der Waals surface area contributed by atoms with Gasteiger partial charge in [-0.15, -0.1) is 0 Å². The smallest absolute Gasteiger partial charge is 0.255 e. The van der Waals surface area contributed by atoms with Crippen molar-refractivity contribution in [2.24, 2.45) is 0 Å². The van der Waals surface area contributed by atoms with Gasteiger partial charge in [-0.1, -0.05) is 11.6 Å². The van der Waals surface area contributed by atoms with Crippen LogP contribution in [0.15, 0.2) is 18.3 Å². The minimum absolute atomic E-state index is 0.0216. The van der Waals surface area contributed by atoms with Crippen molar-refractivity contribution in [3.63, 3.8) is 0 Å². The Balaban J connectivity index is 1.92. The summed E-state index contributed by atoms with van der Waals surface area (Å²) in [4.78, 5) is 28.9. The lowest BCUT2D eigenvalue weighted by Crippen LogP contribution is -2.46. The third kappa shape index (κ3) is 3.67. The van der Waals surface area contributed by atoms with Crippen LogP contribution < -0.4 is 5.32 Å². The van der Waals surface area contributed by atoms with Gasteiger partial charge in [0.1, 0.15) is 5.15 Å². The highest BCUT2D eigenvalue weighted by atomic mass is 35.5. The molecule has 1 aliphatic rings. The second-order valence-electron chi connectivity index (χ2n) is 4.64. The third-order valence-corrected chi connectivity index (χ3v) is 3.39. The minimum Gasteiger partial charge on any atom is -0.353 e. The van der Waals surface area contributed by atoms with Crippen molar-refractivity contribution < 1.29 is 9.59 Å². The van der Waals surface area contributed by atoms with E-state index in [1.165, 1.54) is 13.1 Å². The quantitative estimate of drug-likeness (QED) is 0.835. The molecule has 0 spiro atoms. The van der Waals surface area contributed by atoms with E-state index >= 15 is 0 Å². The Bertz CT molecular complexity index is 467. The number of carbonyl (C=O) groups excluding carboxylic acids is 2. The number of likely N-dealkylation sites (tertiary alicyclic amines) is 1. The van der Waals surface area contributed by atoms with E-state index in [9.17, 15) is 9.59 Å². The first-order valence-electron chi connectivity index (χ1n) is 6.24. The molecule has 0 aliphatic carbocycles. The SMILES string of the molecule is CC(=O)NC1CCN(C(=O)c2ccc(Cl)nc2)CC1. The molecular formula is C13H16ClN3O2. The average Bonchev–Trinajstić information content (AvgIpc) is 2.39. The van der Waals surface area contributed by atoms with Crippen LogP contribution in [0.4, 0.5) is 0 Å². The van der Waals surface area contributed by atoms with Gasteiger partial charge in [0.25, 0.3) is 5.91 Å². The van der Waals surface area contributed by atoms with Crippen molar-refractivity contribution in [3.05, 3.63) is 29.0 Å². The Labute approximate surface area is 117 Å². The number of carbonyl (C=O) groups is 2. The van der Waals surface area contributed by atoms with Gasteiger partial charge in [0.15, 0.2) is 0 Å². The number of amides is 2. The highest BCUT2D eigenvalue weighted by Crippen LogP contribution is 2.14. The first-order chi connectivity index (χ1) is 9.06. The fourth-order valence-electron chi connectivity index (χ4n) is 2.20. The molecule has 2 heterocycles. The molecular weight excluding hydrogens is 266 g/mol. The number of pyridine rings is 1. The van der Waals surface area contributed by atoms with Crippen LogP contribution in [0.2, 0.25) is 5.15 Å². The molecule has 0 unspecified atom stereocenters. The van der Waals surface area contributed by atoms with Gasteiger partial charge in [0.05, 0.1) is 5.56 Å². The van der Waals surface area contributed by atoms with Crippen molar-refractivity contribution in [1.29, 1.82) is 0 Å². The first-order valence-corrected chi connectivity index (χ1v) is 6.62. The predicted molar refractivity (Wildman–Crippen MR) is 72.0 cm³/mol. The highest BCUT2D eigenvalue weighted by molar-refractivity contribution is 6.29. The molecule has 102 valence electrons. The molecule has 0 radical (unpaired) electrons. The van der Waals surface area contributed by atoms with Gasteiger partial charge < -0.3 is 10.2 Å². The van der Waals surface area contributed by atoms with Crippen LogP contribution in [0.3, 0.4) is 0 Å². The monoisotopic (exact) mass is 281 g/mol. The summed E-state index contributed by atoms with van der Waals surface area (Å²) in [6.07, 6.45) is 3.06. The molecule has 1 aliphatic heterocycles. The van der Waals surface area contributed by atoms with Crippen LogP contribution >= 0.6 is 11.6 Å². The van der Waals surface area contributed by atoms with Crippen molar-refractivity contribution >= 4 is 23.4 Å². The van der Waals surface area contributed by atoms with E-state index in [2.05, 4.69) is 10.3 Å². The average molecular weight is 282 g/mol. The molecule has 2 rings (SSSR count). The molecule has 0 saturated carbocycles. The lowest BCUT2D eigenvalue weighted by atomic mass is 10.0. The van der Waals surface area contributed by atoms with E-state index in [4.69, 9.17) is 11.6 Å². The van der Waals surface area contributed by atoms with Crippen molar-refractivity contribution in [1.82, 2.24) is 15.2 Å². The summed E-state index contributed by atoms with van der Waals surface area (Å²) in [7, 11) is 0. The summed E-state index contributed by atoms with van der Waals surface area (Å²) in [5, 5.41) is 3.26. The van der Waals surface area contributed by atoms with Crippen LogP contribution in [0.1, 0.15) is 30.1 Å². The second-order valence-corrected chi connectivity index (χ2v) is 5.02. The molecule has 0 aromatic carbocycles. The first kappa shape index (κ1) is 13.8. The van der Waals surface area contributed by atoms with Crippen LogP contribution in [-0.2, 0) is 4.79 Å². The van der Waals surface area contributed by atoms with Crippen LogP contribution in [0.5, 0.6) is 0 Å². The molecule has 0 bridgehead atoms. The number of rotatable bonds is 2. The molecule has 1 aromatic rings. The van der Waals surface area contributed by atoms with Gasteiger partial charge in [-0.3, -0.25) is 9.59 Å². The number of hydrogen-bond donors (Lipinski definition) is 1. The Morgan fingerprint density at radius 3 is 2.58 bits per heavy atom. The number of halogens is 1. The maximum atomic E-state index is 12.2. The fraction of sp³-hybridized carbons (Fsp3) is 0.462. The summed E-state index contributed by atoms with van der Waals surface area (Å²) in [5.74, 6) is -0.0582. The number of hydrogen-bond acceptors (Lipinski definition) is 3. The van der Waals surface area contributed by atoms with Gasteiger partial charge in [0, 0.05) is 32.3 Å². The summed E-state index contributed by atoms with van der Waals surface area (Å²) in [6, 6.07) is 3.46. The van der Waals surface area contributed by atoms with E-state index in [-0.39, 0.29) is 17.9 Å². The van der Waals surface area contributed by atoms with Gasteiger partial charge in [-0.05, 0) is 25.0 Å². The molecule has 5 nitrogen and oxygen atoms in total. The van der Waals surface area contributed by atoms with E-state index in [0.29, 0.717) is 23.8 Å². The highest BCUT2D eigenvalue weighted by Gasteiger charge is 2.24. The van der Waals surface area contributed by atoms with E-state index in [1.807, 2.05) is 0 Å². The number of piperidine rings is 1. The van der Waals surface area contributed by atoms with Crippen LogP contribution in [0.25, 0.3) is 0 Å². The van der Waals surface area contributed by atoms with Crippen LogP contribution in [0, 0.1) is 0 Å². The van der Waals surface area contributed by atoms with E-state index in [1.54, 1.807) is 17.0 Å². The standard InChI is InChI=1S/C13H16ClN3O2/c1-9(18)16-11-4-6-17(7-5-11)13(19)10-2-3-12(14)15-8-10/h2-3,8,11H,4-7H2,1H3,(H,16,18). The summed E-state index contributed by atoms with van der Waals surface area (Å²) in [5.41, 5.74) is 0.544. The zero-order chi connectivity index (χ0) is 13.8. The molecule has 19 heavy (non-hydrogen) atoms. The fourth-order valence-corrected chi connectivity index (χ4v) is 2.31. The molecule has 1 aromatic heterocycles. The molecule has 6 heteroatoms. The zero-order valence-corrected chi connectivity index (χ0v) is 11.5. The maximum absolute atomic E-state index is 12.2. The Hall–Kier alpha value is -1.62. The van der Waals surface area contributed by atoms with Gasteiger partial charge in [-0.2, -0.15) is 0 Å². The Morgan fingerprint density at radius 2 is 2.05 bits per heavy atom. The number of aromatic nitrogens is 1. The van der Waals surface area contributed by atoms with E-state index < -0.39 is 0 Å². The molecule has 2 amide bonds. The van der Waals surface area contributed by atoms with Crippen LogP contribution in [-0.4, -0.2) is 40.8 Å². The summed E-state index contributed by atoms with van der Waals surface area (Å²) < 4.78 is 0. The lowest BCUT2D eigenvalue weighted by molar-refractivity contribution is -0.119. The second kappa shape index (κ2) is 6.02. The number of nitrogens with one attached hydrogen (secondary N) is 1. The maximum Gasteiger partial charge on any atom is 0.255 e. The van der Waals surface area contributed by atoms with Crippen molar-refractivity contribution in [2.75, 3.05) is 13.1 Å². The van der Waals surface area contributed by atoms with Gasteiger partial charge >= 0.3 is 0 Å². The van der Waals surface area contributed by atoms with Gasteiger partial charge in [-0.25, -0.2) is 4.98 Å². The minimum atomic E-state index is -0.0366. The predicted octanol–water partition coefficient (Wildman–Crippen LogP) is 1.48. The largest absolute Gasteiger partial charge is 0.353 e. The van der Waals surface area contributed by atoms with Crippen molar-refractivity contribution in [3.8, 4) is 0 Å². The number of nitrogens with zero attached hydrogens (tertiary/aromatic N) is 2. The zero-order valence-electron chi connectivity index (χ0n) is 10.7. The summed E-state index contributed by atoms with van der Waals surface area (Å²) >= 11 is 5.69. The van der Waals surface area contributed by atoms with E-state index in [0.717, 1.165) is 12.8 Å². The molecule has 1 saturated heterocycles.